The van der Waals surface area contributed by atoms with Crippen LogP contribution in [0.3, 0.4) is 0 Å². The van der Waals surface area contributed by atoms with Crippen LogP contribution in [0.4, 0.5) is 0 Å². The third kappa shape index (κ3) is 2.91. The number of aromatic hydroxyl groups is 1. The Kier molecular flexibility index (Phi) is 4.52. The molecule has 3 atom stereocenters. The Labute approximate surface area is 104 Å². The number of aliphatic hydroxyl groups is 2. The predicted octanol–water partition coefficient (Wildman–Crippen LogP) is 0.516. The third-order valence-corrected chi connectivity index (χ3v) is 2.77. The Morgan fingerprint density at radius 3 is 2.44 bits per heavy atom. The molecule has 6 heteroatoms. The summed E-state index contributed by atoms with van der Waals surface area (Å²) < 4.78 is 4.86. The number of ether oxygens (including phenoxy) is 1. The standard InChI is InChI=1S/C12H16O6/c1-6(12(16)17)10(14)11(15)7-3-4-8(13)9(5-7)18-2/h3-6,10-11,13-15H,1-2H3,(H,16,17). The van der Waals surface area contributed by atoms with Gasteiger partial charge in [-0.15, -0.1) is 0 Å². The first-order valence-electron chi connectivity index (χ1n) is 5.34. The maximum Gasteiger partial charge on any atom is 0.308 e. The Bertz CT molecular complexity index is 431. The Balaban J connectivity index is 2.96. The van der Waals surface area contributed by atoms with Crippen LogP contribution in [0, 0.1) is 5.92 Å². The fourth-order valence-electron chi connectivity index (χ4n) is 1.49. The monoisotopic (exact) mass is 256 g/mol. The van der Waals surface area contributed by atoms with Crippen LogP contribution in [-0.2, 0) is 4.79 Å². The molecule has 0 aliphatic rings. The van der Waals surface area contributed by atoms with Crippen molar-refractivity contribution < 1.29 is 30.0 Å². The molecule has 0 aromatic heterocycles. The van der Waals surface area contributed by atoms with E-state index in [4.69, 9.17) is 9.84 Å². The van der Waals surface area contributed by atoms with E-state index >= 15 is 0 Å². The van der Waals surface area contributed by atoms with Gasteiger partial charge in [0, 0.05) is 0 Å². The van der Waals surface area contributed by atoms with Gasteiger partial charge in [-0.05, 0) is 24.6 Å². The number of phenols is 1. The van der Waals surface area contributed by atoms with Gasteiger partial charge in [0.2, 0.25) is 0 Å². The highest BCUT2D eigenvalue weighted by molar-refractivity contribution is 5.70. The zero-order valence-electron chi connectivity index (χ0n) is 10.1. The van der Waals surface area contributed by atoms with Crippen LogP contribution in [-0.4, -0.2) is 39.6 Å². The fraction of sp³-hybridized carbons (Fsp3) is 0.417. The molecule has 0 saturated heterocycles. The van der Waals surface area contributed by atoms with E-state index < -0.39 is 24.1 Å². The summed E-state index contributed by atoms with van der Waals surface area (Å²) in [6, 6.07) is 4.04. The number of hydrogen-bond donors (Lipinski definition) is 4. The average molecular weight is 256 g/mol. The highest BCUT2D eigenvalue weighted by atomic mass is 16.5. The molecule has 100 valence electrons. The number of carboxylic acid groups (broad SMARTS) is 1. The molecule has 0 bridgehead atoms. The van der Waals surface area contributed by atoms with Gasteiger partial charge in [-0.25, -0.2) is 0 Å². The van der Waals surface area contributed by atoms with Crippen molar-refractivity contribution in [1.29, 1.82) is 0 Å². The van der Waals surface area contributed by atoms with Crippen molar-refractivity contribution in [2.24, 2.45) is 5.92 Å². The molecule has 3 unspecified atom stereocenters. The highest BCUT2D eigenvalue weighted by Gasteiger charge is 2.29. The van der Waals surface area contributed by atoms with Gasteiger partial charge in [0.05, 0.1) is 19.1 Å². The summed E-state index contributed by atoms with van der Waals surface area (Å²) >= 11 is 0. The summed E-state index contributed by atoms with van der Waals surface area (Å²) in [5.41, 5.74) is 0.269. The van der Waals surface area contributed by atoms with E-state index in [0.717, 1.165) is 0 Å². The first kappa shape index (κ1) is 14.3. The van der Waals surface area contributed by atoms with Gasteiger partial charge in [-0.2, -0.15) is 0 Å². The number of methoxy groups -OCH3 is 1. The smallest absolute Gasteiger partial charge is 0.308 e. The molecule has 0 fully saturated rings. The summed E-state index contributed by atoms with van der Waals surface area (Å²) in [6.45, 7) is 1.30. The fourth-order valence-corrected chi connectivity index (χ4v) is 1.49. The minimum absolute atomic E-state index is 0.103. The molecule has 1 aromatic carbocycles. The van der Waals surface area contributed by atoms with E-state index in [9.17, 15) is 20.1 Å². The van der Waals surface area contributed by atoms with Crippen LogP contribution in [0.1, 0.15) is 18.6 Å². The minimum Gasteiger partial charge on any atom is -0.504 e. The van der Waals surface area contributed by atoms with Crippen molar-refractivity contribution in [3.05, 3.63) is 23.8 Å². The molecule has 0 saturated carbocycles. The van der Waals surface area contributed by atoms with E-state index in [1.165, 1.54) is 32.2 Å². The molecule has 0 heterocycles. The lowest BCUT2D eigenvalue weighted by Gasteiger charge is -2.21. The van der Waals surface area contributed by atoms with Gasteiger partial charge in [0.25, 0.3) is 0 Å². The van der Waals surface area contributed by atoms with Crippen molar-refractivity contribution in [1.82, 2.24) is 0 Å². The molecular weight excluding hydrogens is 240 g/mol. The first-order valence-corrected chi connectivity index (χ1v) is 5.34. The minimum atomic E-state index is -1.45. The average Bonchev–Trinajstić information content (AvgIpc) is 2.36. The number of carboxylic acids is 1. The van der Waals surface area contributed by atoms with E-state index in [-0.39, 0.29) is 17.1 Å². The summed E-state index contributed by atoms with van der Waals surface area (Å²) in [5, 5.41) is 37.7. The van der Waals surface area contributed by atoms with Gasteiger partial charge < -0.3 is 25.2 Å². The van der Waals surface area contributed by atoms with Gasteiger partial charge >= 0.3 is 5.97 Å². The first-order chi connectivity index (χ1) is 8.38. The van der Waals surface area contributed by atoms with Crippen LogP contribution in [0.5, 0.6) is 11.5 Å². The molecule has 0 radical (unpaired) electrons. The molecule has 0 aliphatic carbocycles. The Morgan fingerprint density at radius 2 is 1.94 bits per heavy atom. The number of benzene rings is 1. The second-order valence-electron chi connectivity index (χ2n) is 3.99. The lowest BCUT2D eigenvalue weighted by molar-refractivity contribution is -0.148. The molecule has 4 N–H and O–H groups in total. The zero-order chi connectivity index (χ0) is 13.9. The Hall–Kier alpha value is -1.79. The maximum atomic E-state index is 10.7. The van der Waals surface area contributed by atoms with Crippen molar-refractivity contribution in [2.75, 3.05) is 7.11 Å². The van der Waals surface area contributed by atoms with Crippen molar-refractivity contribution in [2.45, 2.75) is 19.1 Å². The van der Waals surface area contributed by atoms with Crippen molar-refractivity contribution >= 4 is 5.97 Å². The zero-order valence-corrected chi connectivity index (χ0v) is 10.1. The van der Waals surface area contributed by atoms with Gasteiger partial charge in [0.15, 0.2) is 11.5 Å². The third-order valence-electron chi connectivity index (χ3n) is 2.77. The maximum absolute atomic E-state index is 10.7. The van der Waals surface area contributed by atoms with Gasteiger partial charge in [-0.3, -0.25) is 4.79 Å². The number of rotatable bonds is 5. The number of carbonyl (C=O) groups is 1. The van der Waals surface area contributed by atoms with E-state index in [0.29, 0.717) is 0 Å². The van der Waals surface area contributed by atoms with Crippen LogP contribution in [0.2, 0.25) is 0 Å². The van der Waals surface area contributed by atoms with Crippen LogP contribution in [0.15, 0.2) is 18.2 Å². The summed E-state index contributed by atoms with van der Waals surface area (Å²) in [6.07, 6.45) is -2.82. The van der Waals surface area contributed by atoms with E-state index in [1.807, 2.05) is 0 Å². The molecule has 1 rings (SSSR count). The van der Waals surface area contributed by atoms with Crippen molar-refractivity contribution in [3.63, 3.8) is 0 Å². The second kappa shape index (κ2) is 5.70. The highest BCUT2D eigenvalue weighted by Crippen LogP contribution is 2.31. The molecule has 0 amide bonds. The van der Waals surface area contributed by atoms with Gasteiger partial charge in [0.1, 0.15) is 6.10 Å². The van der Waals surface area contributed by atoms with Crippen molar-refractivity contribution in [3.8, 4) is 11.5 Å². The molecule has 1 aromatic rings. The summed E-state index contributed by atoms with van der Waals surface area (Å²) in [5.74, 6) is -2.27. The molecular formula is C12H16O6. The molecule has 6 nitrogen and oxygen atoms in total. The number of aliphatic carboxylic acids is 1. The van der Waals surface area contributed by atoms with E-state index in [2.05, 4.69) is 0 Å². The largest absolute Gasteiger partial charge is 0.504 e. The van der Waals surface area contributed by atoms with Crippen LogP contribution < -0.4 is 4.74 Å². The predicted molar refractivity (Wildman–Crippen MR) is 62.4 cm³/mol. The summed E-state index contributed by atoms with van der Waals surface area (Å²) in [4.78, 5) is 10.7. The lowest BCUT2D eigenvalue weighted by atomic mass is 9.95. The summed E-state index contributed by atoms with van der Waals surface area (Å²) in [7, 11) is 1.35. The van der Waals surface area contributed by atoms with Crippen LogP contribution in [0.25, 0.3) is 0 Å². The SMILES string of the molecule is COc1cc(C(O)C(O)C(C)C(=O)O)ccc1O. The van der Waals surface area contributed by atoms with Crippen LogP contribution >= 0.6 is 0 Å². The number of aliphatic hydroxyl groups excluding tert-OH is 2. The molecule has 0 aliphatic heterocycles. The molecule has 18 heavy (non-hydrogen) atoms. The lowest BCUT2D eigenvalue weighted by Crippen LogP contribution is -2.31. The number of phenolic OH excluding ortho intramolecular Hbond substituents is 1. The topological polar surface area (TPSA) is 107 Å². The van der Waals surface area contributed by atoms with Gasteiger partial charge in [-0.1, -0.05) is 6.07 Å². The molecule has 0 spiro atoms. The second-order valence-corrected chi connectivity index (χ2v) is 3.99. The van der Waals surface area contributed by atoms with E-state index in [1.54, 1.807) is 0 Å². The normalized spacial score (nSPS) is 15.8. The Morgan fingerprint density at radius 1 is 1.33 bits per heavy atom. The quantitative estimate of drug-likeness (QED) is 0.611. The number of hydrogen-bond acceptors (Lipinski definition) is 5.